The van der Waals surface area contributed by atoms with E-state index >= 15 is 0 Å². The molecule has 2 rings (SSSR count). The Balaban J connectivity index is 2.07. The Morgan fingerprint density at radius 2 is 1.76 bits per heavy atom. The number of benzene rings is 1. The van der Waals surface area contributed by atoms with Crippen LogP contribution in [0.1, 0.15) is 42.5 Å². The van der Waals surface area contributed by atoms with E-state index in [1.54, 1.807) is 24.3 Å². The smallest absolute Gasteiger partial charge is 0.257 e. The van der Waals surface area contributed by atoms with Crippen LogP contribution in [0.5, 0.6) is 0 Å². The Morgan fingerprint density at radius 1 is 1.10 bits per heavy atom. The van der Waals surface area contributed by atoms with E-state index in [0.717, 1.165) is 25.7 Å². The fraction of sp³-hybridized carbons (Fsp3) is 0.467. The van der Waals surface area contributed by atoms with Gasteiger partial charge in [-0.1, -0.05) is 54.6 Å². The highest BCUT2D eigenvalue weighted by Crippen LogP contribution is 2.20. The van der Waals surface area contributed by atoms with Crippen molar-refractivity contribution in [1.29, 1.82) is 0 Å². The molecule has 0 aliphatic heterocycles. The maximum atomic E-state index is 12.4. The van der Waals surface area contributed by atoms with Gasteiger partial charge in [0.2, 0.25) is 0 Å². The number of para-hydroxylation sites is 1. The molecule has 2 amide bonds. The van der Waals surface area contributed by atoms with Gasteiger partial charge in [0.15, 0.2) is 4.84 Å². The van der Waals surface area contributed by atoms with Crippen LogP contribution < -0.4 is 10.6 Å². The lowest BCUT2D eigenvalue weighted by Crippen LogP contribution is -2.36. The van der Waals surface area contributed by atoms with Gasteiger partial charge in [-0.2, -0.15) is 0 Å². The molecule has 0 heterocycles. The lowest BCUT2D eigenvalue weighted by atomic mass is 9.95. The zero-order chi connectivity index (χ0) is 15.2. The lowest BCUT2D eigenvalue weighted by Gasteiger charge is -2.23. The van der Waals surface area contributed by atoms with Gasteiger partial charge in [-0.15, -0.1) is 0 Å². The molecule has 1 aromatic carbocycles. The Hall–Kier alpha value is -1.26. The largest absolute Gasteiger partial charge is 0.349 e. The quantitative estimate of drug-likeness (QED) is 0.831. The van der Waals surface area contributed by atoms with E-state index in [9.17, 15) is 9.59 Å². The van der Waals surface area contributed by atoms with Crippen molar-refractivity contribution in [2.75, 3.05) is 5.32 Å². The molecule has 0 spiro atoms. The molecule has 0 aromatic heterocycles. The van der Waals surface area contributed by atoms with Gasteiger partial charge < -0.3 is 10.6 Å². The number of amides is 2. The summed E-state index contributed by atoms with van der Waals surface area (Å²) in [4.78, 5) is 22.8. The van der Waals surface area contributed by atoms with Crippen LogP contribution >= 0.6 is 23.2 Å². The number of hydrogen-bond donors (Lipinski definition) is 2. The van der Waals surface area contributed by atoms with Crippen molar-refractivity contribution in [2.24, 2.45) is 0 Å². The van der Waals surface area contributed by atoms with Crippen molar-refractivity contribution in [2.45, 2.75) is 43.0 Å². The van der Waals surface area contributed by atoms with Crippen molar-refractivity contribution in [1.82, 2.24) is 5.32 Å². The Kier molecular flexibility index (Phi) is 5.88. The highest BCUT2D eigenvalue weighted by atomic mass is 35.5. The minimum absolute atomic E-state index is 0.182. The molecular weight excluding hydrogens is 311 g/mol. The number of carbonyl (C=O) groups excluding carboxylic acids is 2. The third-order valence-electron chi connectivity index (χ3n) is 3.57. The number of carbonyl (C=O) groups is 2. The van der Waals surface area contributed by atoms with E-state index in [-0.39, 0.29) is 11.9 Å². The predicted octanol–water partition coefficient (Wildman–Crippen LogP) is 3.49. The van der Waals surface area contributed by atoms with E-state index in [2.05, 4.69) is 10.6 Å². The number of alkyl halides is 2. The first-order chi connectivity index (χ1) is 10.1. The molecule has 0 bridgehead atoms. The number of hydrogen-bond acceptors (Lipinski definition) is 2. The molecule has 114 valence electrons. The maximum Gasteiger partial charge on any atom is 0.257 e. The molecule has 1 aliphatic rings. The fourth-order valence-electron chi connectivity index (χ4n) is 2.49. The second-order valence-corrected chi connectivity index (χ2v) is 6.24. The van der Waals surface area contributed by atoms with Gasteiger partial charge in [-0.3, -0.25) is 9.59 Å². The lowest BCUT2D eigenvalue weighted by molar-refractivity contribution is -0.114. The van der Waals surface area contributed by atoms with E-state index in [1.165, 1.54) is 6.42 Å². The first-order valence-electron chi connectivity index (χ1n) is 7.07. The SMILES string of the molecule is O=C(NC1CCCCC1)c1ccccc1NC(=O)C(Cl)Cl. The van der Waals surface area contributed by atoms with Crippen molar-refractivity contribution in [3.8, 4) is 0 Å². The second kappa shape index (κ2) is 7.66. The molecule has 1 aliphatic carbocycles. The van der Waals surface area contributed by atoms with Gasteiger partial charge in [-0.05, 0) is 25.0 Å². The number of nitrogens with one attached hydrogen (secondary N) is 2. The van der Waals surface area contributed by atoms with Crippen LogP contribution in [-0.4, -0.2) is 22.7 Å². The van der Waals surface area contributed by atoms with Crippen molar-refractivity contribution in [3.05, 3.63) is 29.8 Å². The van der Waals surface area contributed by atoms with Crippen LogP contribution in [-0.2, 0) is 4.79 Å². The first-order valence-corrected chi connectivity index (χ1v) is 7.94. The van der Waals surface area contributed by atoms with Crippen LogP contribution in [0.25, 0.3) is 0 Å². The standard InChI is InChI=1S/C15H18Cl2N2O2/c16-13(17)15(21)19-12-9-5-4-8-11(12)14(20)18-10-6-2-1-3-7-10/h4-5,8-10,13H,1-3,6-7H2,(H,18,20)(H,19,21). The summed E-state index contributed by atoms with van der Waals surface area (Å²) in [5.41, 5.74) is 0.840. The van der Waals surface area contributed by atoms with Crippen LogP contribution in [0, 0.1) is 0 Å². The number of halogens is 2. The highest BCUT2D eigenvalue weighted by molar-refractivity contribution is 6.54. The average Bonchev–Trinajstić information content (AvgIpc) is 2.48. The third kappa shape index (κ3) is 4.61. The molecule has 2 N–H and O–H groups in total. The molecule has 1 saturated carbocycles. The second-order valence-electron chi connectivity index (χ2n) is 5.14. The average molecular weight is 329 g/mol. The maximum absolute atomic E-state index is 12.4. The van der Waals surface area contributed by atoms with E-state index in [1.807, 2.05) is 0 Å². The van der Waals surface area contributed by atoms with Crippen molar-refractivity contribution in [3.63, 3.8) is 0 Å². The Labute approximate surface area is 134 Å². The topological polar surface area (TPSA) is 58.2 Å². The molecule has 1 fully saturated rings. The summed E-state index contributed by atoms with van der Waals surface area (Å²) in [6.07, 6.45) is 5.52. The summed E-state index contributed by atoms with van der Waals surface area (Å²) in [5, 5.41) is 5.59. The molecule has 4 nitrogen and oxygen atoms in total. The summed E-state index contributed by atoms with van der Waals surface area (Å²) in [6, 6.07) is 7.04. The minimum atomic E-state index is -1.17. The zero-order valence-electron chi connectivity index (χ0n) is 11.6. The van der Waals surface area contributed by atoms with E-state index in [0.29, 0.717) is 11.3 Å². The van der Waals surface area contributed by atoms with Crippen LogP contribution in [0.15, 0.2) is 24.3 Å². The molecule has 6 heteroatoms. The third-order valence-corrected chi connectivity index (χ3v) is 3.96. The molecular formula is C15H18Cl2N2O2. The van der Waals surface area contributed by atoms with Crippen LogP contribution in [0.3, 0.4) is 0 Å². The number of anilines is 1. The normalized spacial score (nSPS) is 15.8. The van der Waals surface area contributed by atoms with E-state index < -0.39 is 10.7 Å². The summed E-state index contributed by atoms with van der Waals surface area (Å²) >= 11 is 11.0. The monoisotopic (exact) mass is 328 g/mol. The zero-order valence-corrected chi connectivity index (χ0v) is 13.1. The Morgan fingerprint density at radius 3 is 2.43 bits per heavy atom. The summed E-state index contributed by atoms with van der Waals surface area (Å²) < 4.78 is 0. The van der Waals surface area contributed by atoms with Gasteiger partial charge in [0, 0.05) is 6.04 Å². The van der Waals surface area contributed by atoms with Gasteiger partial charge in [-0.25, -0.2) is 0 Å². The predicted molar refractivity (Wildman–Crippen MR) is 84.9 cm³/mol. The Bertz CT molecular complexity index is 514. The van der Waals surface area contributed by atoms with Gasteiger partial charge in [0.25, 0.3) is 11.8 Å². The van der Waals surface area contributed by atoms with Gasteiger partial charge in [0.05, 0.1) is 11.3 Å². The molecule has 0 unspecified atom stereocenters. The number of rotatable bonds is 4. The van der Waals surface area contributed by atoms with Crippen molar-refractivity contribution >= 4 is 40.7 Å². The van der Waals surface area contributed by atoms with Gasteiger partial charge in [0.1, 0.15) is 0 Å². The van der Waals surface area contributed by atoms with Gasteiger partial charge >= 0.3 is 0 Å². The first kappa shape index (κ1) is 16.1. The highest BCUT2D eigenvalue weighted by Gasteiger charge is 2.20. The van der Waals surface area contributed by atoms with Crippen LogP contribution in [0.2, 0.25) is 0 Å². The molecule has 0 atom stereocenters. The summed E-state index contributed by atoms with van der Waals surface area (Å²) in [5.74, 6) is -0.727. The van der Waals surface area contributed by atoms with E-state index in [4.69, 9.17) is 23.2 Å². The summed E-state index contributed by atoms with van der Waals surface area (Å²) in [7, 11) is 0. The van der Waals surface area contributed by atoms with Crippen LogP contribution in [0.4, 0.5) is 5.69 Å². The minimum Gasteiger partial charge on any atom is -0.349 e. The summed E-state index contributed by atoms with van der Waals surface area (Å²) in [6.45, 7) is 0. The molecule has 0 saturated heterocycles. The molecule has 0 radical (unpaired) electrons. The molecule has 21 heavy (non-hydrogen) atoms. The fourth-order valence-corrected chi connectivity index (χ4v) is 2.60. The van der Waals surface area contributed by atoms with Crippen molar-refractivity contribution < 1.29 is 9.59 Å². The molecule has 1 aromatic rings.